The SMILES string of the molecule is CC1=C(C#N)C(=O)N(C)C(=O)/C1=C\c1cc2c(s1)-c1sc(/C=C3\C(=O)N(C)C(=O)C(C#N)=C3C)cc1C21CCCCC1. The van der Waals surface area contributed by atoms with Crippen molar-refractivity contribution in [3.8, 4) is 21.9 Å². The van der Waals surface area contributed by atoms with Gasteiger partial charge in [-0.3, -0.25) is 29.0 Å². The Balaban J connectivity index is 1.49. The highest BCUT2D eigenvalue weighted by atomic mass is 32.1. The number of rotatable bonds is 2. The third-order valence-electron chi connectivity index (χ3n) is 8.91. The highest BCUT2D eigenvalue weighted by Gasteiger charge is 2.46. The van der Waals surface area contributed by atoms with Crippen LogP contribution in [0, 0.1) is 22.7 Å². The van der Waals surface area contributed by atoms with Gasteiger partial charge in [-0.15, -0.1) is 22.7 Å². The highest BCUT2D eigenvalue weighted by molar-refractivity contribution is 7.23. The van der Waals surface area contributed by atoms with Crippen LogP contribution in [-0.2, 0) is 24.6 Å². The fourth-order valence-corrected chi connectivity index (χ4v) is 9.09. The molecule has 0 radical (unpaired) electrons. The van der Waals surface area contributed by atoms with Crippen molar-refractivity contribution >= 4 is 58.5 Å². The molecule has 0 N–H and O–H groups in total. The second kappa shape index (κ2) is 9.87. The van der Waals surface area contributed by atoms with E-state index in [1.807, 2.05) is 12.1 Å². The first-order chi connectivity index (χ1) is 20.0. The van der Waals surface area contributed by atoms with Gasteiger partial charge in [-0.1, -0.05) is 19.3 Å². The molecule has 2 aromatic rings. The average molecular weight is 595 g/mol. The predicted molar refractivity (Wildman–Crippen MR) is 160 cm³/mol. The van der Waals surface area contributed by atoms with Crippen molar-refractivity contribution in [3.05, 3.63) is 66.5 Å². The van der Waals surface area contributed by atoms with E-state index in [2.05, 4.69) is 12.1 Å². The number of thiophene rings is 2. The van der Waals surface area contributed by atoms with Gasteiger partial charge in [-0.25, -0.2) is 0 Å². The molecule has 0 aromatic carbocycles. The molecule has 4 aliphatic rings. The van der Waals surface area contributed by atoms with Gasteiger partial charge in [0.05, 0.1) is 0 Å². The Morgan fingerprint density at radius 2 is 1.12 bits per heavy atom. The van der Waals surface area contributed by atoms with E-state index in [1.165, 1.54) is 31.6 Å². The number of hydrogen-bond donors (Lipinski definition) is 0. The van der Waals surface area contributed by atoms with Crippen LogP contribution in [0.4, 0.5) is 0 Å². The molecule has 2 aliphatic heterocycles. The number of imide groups is 2. The lowest BCUT2D eigenvalue weighted by Crippen LogP contribution is -2.39. The van der Waals surface area contributed by atoms with Gasteiger partial charge in [-0.2, -0.15) is 10.5 Å². The Labute approximate surface area is 251 Å². The molecule has 210 valence electrons. The molecule has 0 saturated heterocycles. The predicted octanol–water partition coefficient (Wildman–Crippen LogP) is 5.48. The van der Waals surface area contributed by atoms with Gasteiger partial charge in [-0.05, 0) is 73.2 Å². The maximum atomic E-state index is 13.0. The largest absolute Gasteiger partial charge is 0.277 e. The van der Waals surface area contributed by atoms with Gasteiger partial charge in [0.25, 0.3) is 23.6 Å². The zero-order chi connectivity index (χ0) is 30.1. The van der Waals surface area contributed by atoms with Crippen molar-refractivity contribution in [2.45, 2.75) is 51.4 Å². The van der Waals surface area contributed by atoms with E-state index in [1.54, 1.807) is 48.7 Å². The summed E-state index contributed by atoms with van der Waals surface area (Å²) in [5.74, 6) is -2.03. The highest BCUT2D eigenvalue weighted by Crippen LogP contribution is 2.61. The number of hydrogen-bond acceptors (Lipinski definition) is 8. The van der Waals surface area contributed by atoms with Crippen molar-refractivity contribution in [1.29, 1.82) is 10.5 Å². The summed E-state index contributed by atoms with van der Waals surface area (Å²) in [6, 6.07) is 8.21. The number of nitriles is 2. The molecule has 10 heteroatoms. The van der Waals surface area contributed by atoms with E-state index in [-0.39, 0.29) is 16.6 Å². The molecule has 6 rings (SSSR count). The molecule has 4 amide bonds. The molecule has 8 nitrogen and oxygen atoms in total. The molecule has 0 unspecified atom stereocenters. The number of carbonyl (C=O) groups is 4. The van der Waals surface area contributed by atoms with Crippen LogP contribution in [0.3, 0.4) is 0 Å². The lowest BCUT2D eigenvalue weighted by atomic mass is 9.68. The first-order valence-electron chi connectivity index (χ1n) is 13.6. The van der Waals surface area contributed by atoms with Crippen LogP contribution in [-0.4, -0.2) is 47.5 Å². The van der Waals surface area contributed by atoms with Gasteiger partial charge in [0, 0.05) is 50.2 Å². The minimum absolute atomic E-state index is 0.0251. The van der Waals surface area contributed by atoms with Crippen LogP contribution in [0.5, 0.6) is 0 Å². The van der Waals surface area contributed by atoms with Crippen molar-refractivity contribution in [1.82, 2.24) is 9.80 Å². The number of nitrogens with zero attached hydrogens (tertiary/aromatic N) is 4. The smallest absolute Gasteiger partial charge is 0.271 e. The van der Waals surface area contributed by atoms with Crippen molar-refractivity contribution in [2.75, 3.05) is 14.1 Å². The minimum atomic E-state index is -0.587. The second-order valence-corrected chi connectivity index (χ2v) is 13.3. The fraction of sp³-hybridized carbons (Fsp3) is 0.312. The van der Waals surface area contributed by atoms with Crippen LogP contribution in [0.25, 0.3) is 21.9 Å². The van der Waals surface area contributed by atoms with E-state index in [4.69, 9.17) is 0 Å². The summed E-state index contributed by atoms with van der Waals surface area (Å²) in [5.41, 5.74) is 3.73. The van der Waals surface area contributed by atoms with Gasteiger partial charge in [0.2, 0.25) is 0 Å². The summed E-state index contributed by atoms with van der Waals surface area (Å²) >= 11 is 3.17. The Morgan fingerprint density at radius 3 is 1.50 bits per heavy atom. The number of carbonyl (C=O) groups excluding carboxylic acids is 4. The number of amides is 4. The minimum Gasteiger partial charge on any atom is -0.277 e. The summed E-state index contributed by atoms with van der Waals surface area (Å²) in [7, 11) is 2.78. The average Bonchev–Trinajstić information content (AvgIpc) is 3.65. The molecule has 0 atom stereocenters. The van der Waals surface area contributed by atoms with Gasteiger partial charge >= 0.3 is 0 Å². The fourth-order valence-electron chi connectivity index (χ4n) is 6.53. The molecule has 42 heavy (non-hydrogen) atoms. The lowest BCUT2D eigenvalue weighted by molar-refractivity contribution is -0.140. The van der Waals surface area contributed by atoms with E-state index >= 15 is 0 Å². The molecule has 4 heterocycles. The summed E-state index contributed by atoms with van der Waals surface area (Å²) in [4.78, 5) is 56.9. The Kier molecular flexibility index (Phi) is 6.53. The Morgan fingerprint density at radius 1 is 0.714 bits per heavy atom. The number of fused-ring (bicyclic) bond motifs is 5. The zero-order valence-corrected chi connectivity index (χ0v) is 25.2. The quantitative estimate of drug-likeness (QED) is 0.335. The van der Waals surface area contributed by atoms with Crippen LogP contribution >= 0.6 is 22.7 Å². The van der Waals surface area contributed by atoms with E-state index in [0.29, 0.717) is 22.3 Å². The number of likely N-dealkylation sites (N-methyl/N-ethyl adjacent to an activating group) is 2. The van der Waals surface area contributed by atoms with E-state index < -0.39 is 23.6 Å². The van der Waals surface area contributed by atoms with Crippen molar-refractivity contribution in [3.63, 3.8) is 0 Å². The molecule has 0 bridgehead atoms. The molecule has 1 spiro atoms. The molecule has 2 aromatic heterocycles. The first-order valence-corrected chi connectivity index (χ1v) is 15.3. The standard InChI is InChI=1S/C32H26N4O4S2/c1-16-20(28(37)35(3)30(39)22(16)14-33)10-18-12-24-26(41-18)27-25(32(24)8-6-5-7-9-32)13-19(42-27)11-21-17(2)23(15-34)31(40)36(4)29(21)38/h10-13H,5-9H2,1-4H3/b20-10-,21-11-. The third kappa shape index (κ3) is 3.83. The van der Waals surface area contributed by atoms with Crippen LogP contribution in [0.1, 0.15) is 66.8 Å². The van der Waals surface area contributed by atoms with Crippen LogP contribution in [0.2, 0.25) is 0 Å². The Hall–Kier alpha value is -4.38. The molecular formula is C32H26N4O4S2. The third-order valence-corrected chi connectivity index (χ3v) is 11.2. The normalized spacial score (nSPS) is 22.0. The van der Waals surface area contributed by atoms with Crippen LogP contribution in [0.15, 0.2) is 45.6 Å². The monoisotopic (exact) mass is 594 g/mol. The lowest BCUT2D eigenvalue weighted by Gasteiger charge is -2.34. The first kappa shape index (κ1) is 27.8. The van der Waals surface area contributed by atoms with Crippen molar-refractivity contribution in [2.24, 2.45) is 0 Å². The summed E-state index contributed by atoms with van der Waals surface area (Å²) in [5, 5.41) is 19.1. The maximum absolute atomic E-state index is 13.0. The molecule has 2 aliphatic carbocycles. The summed E-state index contributed by atoms with van der Waals surface area (Å²) < 4.78 is 0. The topological polar surface area (TPSA) is 122 Å². The Bertz CT molecular complexity index is 1730. The van der Waals surface area contributed by atoms with Crippen molar-refractivity contribution < 1.29 is 19.2 Å². The van der Waals surface area contributed by atoms with E-state index in [9.17, 15) is 29.7 Å². The summed E-state index contributed by atoms with van der Waals surface area (Å²) in [6.07, 6.45) is 8.92. The van der Waals surface area contributed by atoms with E-state index in [0.717, 1.165) is 55.0 Å². The molecular weight excluding hydrogens is 569 g/mol. The molecule has 1 saturated carbocycles. The van der Waals surface area contributed by atoms with Gasteiger partial charge in [0.1, 0.15) is 23.3 Å². The summed E-state index contributed by atoms with van der Waals surface area (Å²) in [6.45, 7) is 3.28. The van der Waals surface area contributed by atoms with Gasteiger partial charge in [0.15, 0.2) is 0 Å². The molecule has 1 fully saturated rings. The van der Waals surface area contributed by atoms with Crippen LogP contribution < -0.4 is 0 Å². The zero-order valence-electron chi connectivity index (χ0n) is 23.6. The van der Waals surface area contributed by atoms with Gasteiger partial charge < -0.3 is 0 Å². The maximum Gasteiger partial charge on any atom is 0.271 e. The second-order valence-electron chi connectivity index (χ2n) is 11.1.